The van der Waals surface area contributed by atoms with Crippen LogP contribution >= 0.6 is 0 Å². The van der Waals surface area contributed by atoms with Gasteiger partial charge in [-0.05, 0) is 73.7 Å². The summed E-state index contributed by atoms with van der Waals surface area (Å²) in [5, 5.41) is 36.8. The molecule has 3 aliphatic rings. The Kier molecular flexibility index (Phi) is 9.80. The molecule has 0 radical (unpaired) electrons. The standard InChI is InChI=1S/C31H52O7/c1-19(2)8-9-20(3)10-11-25(33)31-26(34)13-14-29(6,7)28(31)24(38-22(5)32)16-21(4)30(31,36)15-12-23-17-27(35)37-18-23/h17,19-21,24-26,28,33-34,36H,8-16,18H2,1-7H3. The van der Waals surface area contributed by atoms with Crippen molar-refractivity contribution in [3.63, 3.8) is 0 Å². The van der Waals surface area contributed by atoms with Crippen LogP contribution in [-0.4, -0.2) is 57.8 Å². The van der Waals surface area contributed by atoms with E-state index in [2.05, 4.69) is 34.6 Å². The summed E-state index contributed by atoms with van der Waals surface area (Å²) in [5.74, 6) is -0.526. The molecule has 218 valence electrons. The molecule has 7 nitrogen and oxygen atoms in total. The smallest absolute Gasteiger partial charge is 0.331 e. The SMILES string of the molecule is CC(=O)OC1CC(C)C(O)(CCC2=CC(=O)OC2)C2(C(O)CCC(C)CCC(C)C)C(O)CCC(C)(C)C12. The normalized spacial score (nSPS) is 36.3. The van der Waals surface area contributed by atoms with Gasteiger partial charge in [0.1, 0.15) is 12.7 Å². The van der Waals surface area contributed by atoms with E-state index < -0.39 is 35.2 Å². The number of aliphatic hydroxyl groups excluding tert-OH is 2. The van der Waals surface area contributed by atoms with Crippen LogP contribution in [0.3, 0.4) is 0 Å². The summed E-state index contributed by atoms with van der Waals surface area (Å²) in [6.45, 7) is 14.4. The van der Waals surface area contributed by atoms with Crippen LogP contribution in [0, 0.1) is 34.5 Å². The first-order valence-corrected chi connectivity index (χ1v) is 14.8. The zero-order valence-corrected chi connectivity index (χ0v) is 24.7. The molecule has 3 N–H and O–H groups in total. The van der Waals surface area contributed by atoms with Crippen LogP contribution in [0.2, 0.25) is 0 Å². The zero-order valence-electron chi connectivity index (χ0n) is 24.7. The molecule has 0 bridgehead atoms. The van der Waals surface area contributed by atoms with Gasteiger partial charge in [-0.2, -0.15) is 0 Å². The highest BCUT2D eigenvalue weighted by Gasteiger charge is 2.72. The second-order valence-electron chi connectivity index (χ2n) is 13.7. The number of ether oxygens (including phenoxy) is 2. The van der Waals surface area contributed by atoms with E-state index in [1.54, 1.807) is 0 Å². The first kappa shape index (κ1) is 31.1. The van der Waals surface area contributed by atoms with Crippen LogP contribution in [0.5, 0.6) is 0 Å². The number of carbonyl (C=O) groups excluding carboxylic acids is 2. The molecule has 8 unspecified atom stereocenters. The Bertz CT molecular complexity index is 879. The van der Waals surface area contributed by atoms with Gasteiger partial charge in [0.05, 0.1) is 23.2 Å². The highest BCUT2D eigenvalue weighted by Crippen LogP contribution is 2.66. The summed E-state index contributed by atoms with van der Waals surface area (Å²) in [7, 11) is 0. The lowest BCUT2D eigenvalue weighted by Gasteiger charge is -2.68. The summed E-state index contributed by atoms with van der Waals surface area (Å²) < 4.78 is 11.0. The molecule has 38 heavy (non-hydrogen) atoms. The van der Waals surface area contributed by atoms with E-state index in [0.29, 0.717) is 43.9 Å². The van der Waals surface area contributed by atoms with Crippen LogP contribution in [-0.2, 0) is 19.1 Å². The quantitative estimate of drug-likeness (QED) is 0.320. The van der Waals surface area contributed by atoms with Gasteiger partial charge in [0.15, 0.2) is 0 Å². The van der Waals surface area contributed by atoms with Gasteiger partial charge in [0.25, 0.3) is 0 Å². The molecule has 8 atom stereocenters. The average Bonchev–Trinajstić information content (AvgIpc) is 3.24. The number of carbonyl (C=O) groups is 2. The molecular formula is C31H52O7. The Morgan fingerprint density at radius 2 is 1.84 bits per heavy atom. The fraction of sp³-hybridized carbons (Fsp3) is 0.871. The van der Waals surface area contributed by atoms with Gasteiger partial charge in [-0.15, -0.1) is 0 Å². The molecule has 0 aromatic rings. The van der Waals surface area contributed by atoms with Gasteiger partial charge in [-0.3, -0.25) is 4.79 Å². The molecule has 0 aromatic heterocycles. The molecule has 7 heteroatoms. The average molecular weight is 537 g/mol. The Morgan fingerprint density at radius 3 is 2.42 bits per heavy atom. The molecule has 2 saturated carbocycles. The number of aliphatic hydroxyl groups is 3. The lowest BCUT2D eigenvalue weighted by atomic mass is 9.39. The summed E-state index contributed by atoms with van der Waals surface area (Å²) >= 11 is 0. The van der Waals surface area contributed by atoms with E-state index in [1.165, 1.54) is 13.0 Å². The molecule has 0 saturated heterocycles. The van der Waals surface area contributed by atoms with Crippen LogP contribution < -0.4 is 0 Å². The predicted octanol–water partition coefficient (Wildman–Crippen LogP) is 4.95. The van der Waals surface area contributed by atoms with Crippen molar-refractivity contribution in [3.8, 4) is 0 Å². The second-order valence-corrected chi connectivity index (χ2v) is 13.7. The van der Waals surface area contributed by atoms with Gasteiger partial charge >= 0.3 is 11.9 Å². The van der Waals surface area contributed by atoms with Crippen molar-refractivity contribution in [3.05, 3.63) is 11.6 Å². The second kappa shape index (κ2) is 12.0. The third-order valence-corrected chi connectivity index (χ3v) is 10.1. The van der Waals surface area contributed by atoms with Crippen molar-refractivity contribution in [2.75, 3.05) is 6.61 Å². The maximum absolute atomic E-state index is 12.8. The first-order valence-electron chi connectivity index (χ1n) is 14.8. The highest BCUT2D eigenvalue weighted by atomic mass is 16.5. The first-order chi connectivity index (χ1) is 17.6. The highest BCUT2D eigenvalue weighted by molar-refractivity contribution is 5.85. The number of hydrogen-bond acceptors (Lipinski definition) is 7. The van der Waals surface area contributed by atoms with E-state index in [0.717, 1.165) is 24.8 Å². The van der Waals surface area contributed by atoms with Gasteiger partial charge in [0, 0.05) is 18.9 Å². The number of esters is 2. The van der Waals surface area contributed by atoms with E-state index in [1.807, 2.05) is 6.92 Å². The van der Waals surface area contributed by atoms with Gasteiger partial charge in [-0.1, -0.05) is 54.4 Å². The summed E-state index contributed by atoms with van der Waals surface area (Å²) in [6.07, 6.45) is 4.77. The number of hydrogen-bond donors (Lipinski definition) is 3. The number of rotatable bonds is 11. The van der Waals surface area contributed by atoms with Gasteiger partial charge < -0.3 is 24.8 Å². The van der Waals surface area contributed by atoms with Crippen LogP contribution in [0.15, 0.2) is 11.6 Å². The Labute approximate surface area is 229 Å². The van der Waals surface area contributed by atoms with Crippen molar-refractivity contribution in [2.24, 2.45) is 34.5 Å². The van der Waals surface area contributed by atoms with Crippen molar-refractivity contribution >= 4 is 11.9 Å². The number of cyclic esters (lactones) is 1. The van der Waals surface area contributed by atoms with Crippen molar-refractivity contribution in [1.82, 2.24) is 0 Å². The lowest BCUT2D eigenvalue weighted by molar-refractivity contribution is -0.318. The molecule has 0 aromatic carbocycles. The summed E-state index contributed by atoms with van der Waals surface area (Å²) in [4.78, 5) is 23.9. The molecule has 0 amide bonds. The lowest BCUT2D eigenvalue weighted by Crippen LogP contribution is -2.76. The Balaban J connectivity index is 2.05. The zero-order chi connectivity index (χ0) is 28.5. The van der Waals surface area contributed by atoms with Crippen LogP contribution in [0.1, 0.15) is 106 Å². The van der Waals surface area contributed by atoms with E-state index in [4.69, 9.17) is 9.47 Å². The van der Waals surface area contributed by atoms with Crippen molar-refractivity contribution in [2.45, 2.75) is 130 Å². The fourth-order valence-electron chi connectivity index (χ4n) is 8.09. The van der Waals surface area contributed by atoms with Crippen molar-refractivity contribution < 1.29 is 34.4 Å². The molecule has 0 spiro atoms. The maximum Gasteiger partial charge on any atom is 0.331 e. The minimum Gasteiger partial charge on any atom is -0.462 e. The predicted molar refractivity (Wildman–Crippen MR) is 146 cm³/mol. The molecule has 1 heterocycles. The maximum atomic E-state index is 12.8. The summed E-state index contributed by atoms with van der Waals surface area (Å²) in [5.41, 5.74) is -2.29. The Hall–Kier alpha value is -1.44. The van der Waals surface area contributed by atoms with E-state index >= 15 is 0 Å². The molecule has 3 rings (SSSR count). The topological polar surface area (TPSA) is 113 Å². The third kappa shape index (κ3) is 6.00. The van der Waals surface area contributed by atoms with Crippen LogP contribution in [0.25, 0.3) is 0 Å². The molecular weight excluding hydrogens is 484 g/mol. The molecule has 2 fully saturated rings. The fourth-order valence-corrected chi connectivity index (χ4v) is 8.09. The van der Waals surface area contributed by atoms with Crippen molar-refractivity contribution in [1.29, 1.82) is 0 Å². The number of fused-ring (bicyclic) bond motifs is 1. The van der Waals surface area contributed by atoms with Gasteiger partial charge in [-0.25, -0.2) is 4.79 Å². The monoisotopic (exact) mass is 536 g/mol. The minimum absolute atomic E-state index is 0.208. The summed E-state index contributed by atoms with van der Waals surface area (Å²) in [6, 6.07) is 0. The minimum atomic E-state index is -1.43. The van der Waals surface area contributed by atoms with E-state index in [9.17, 15) is 24.9 Å². The largest absolute Gasteiger partial charge is 0.462 e. The molecule has 1 aliphatic heterocycles. The van der Waals surface area contributed by atoms with E-state index in [-0.39, 0.29) is 36.3 Å². The molecule has 2 aliphatic carbocycles. The Morgan fingerprint density at radius 1 is 1.18 bits per heavy atom. The van der Waals surface area contributed by atoms with Gasteiger partial charge in [0.2, 0.25) is 0 Å². The third-order valence-electron chi connectivity index (χ3n) is 10.1. The van der Waals surface area contributed by atoms with Crippen LogP contribution in [0.4, 0.5) is 0 Å².